The van der Waals surface area contributed by atoms with Gasteiger partial charge in [-0.3, -0.25) is 4.98 Å². The lowest BCUT2D eigenvalue weighted by Gasteiger charge is -2.21. The van der Waals surface area contributed by atoms with Crippen LogP contribution < -0.4 is 0 Å². The number of pyridine rings is 1. The van der Waals surface area contributed by atoms with Gasteiger partial charge < -0.3 is 4.74 Å². The molecule has 1 aliphatic rings. The summed E-state index contributed by atoms with van der Waals surface area (Å²) in [4.78, 5) is 4.21. The van der Waals surface area contributed by atoms with E-state index in [1.165, 1.54) is 6.20 Å². The number of hydrogen-bond acceptors (Lipinski definition) is 4. The first kappa shape index (κ1) is 15.4. The van der Waals surface area contributed by atoms with Gasteiger partial charge in [0.25, 0.3) is 0 Å². The van der Waals surface area contributed by atoms with E-state index in [1.54, 1.807) is 29.7 Å². The third-order valence-electron chi connectivity index (χ3n) is 3.42. The minimum atomic E-state index is -3.39. The van der Waals surface area contributed by atoms with Crippen molar-refractivity contribution in [2.45, 2.75) is 43.0 Å². The maximum atomic E-state index is 12.6. The van der Waals surface area contributed by atoms with Crippen LogP contribution in [-0.2, 0) is 14.8 Å². The largest absolute Gasteiger partial charge is 0.385 e. The van der Waals surface area contributed by atoms with E-state index < -0.39 is 10.0 Å². The van der Waals surface area contributed by atoms with Crippen LogP contribution in [0.15, 0.2) is 29.4 Å². The number of ether oxygens (including phenoxy) is 1. The smallest absolute Gasteiger partial charge is 0.244 e. The van der Waals surface area contributed by atoms with Crippen LogP contribution in [0.3, 0.4) is 0 Å². The number of unbranched alkanes of at least 4 members (excludes halogenated alkanes) is 2. The Morgan fingerprint density at radius 1 is 1.35 bits per heavy atom. The van der Waals surface area contributed by atoms with Gasteiger partial charge in [0, 0.05) is 38.7 Å². The van der Waals surface area contributed by atoms with E-state index in [1.807, 2.05) is 0 Å². The maximum absolute atomic E-state index is 12.6. The van der Waals surface area contributed by atoms with Crippen LogP contribution in [-0.4, -0.2) is 44.0 Å². The lowest BCUT2D eigenvalue weighted by Crippen LogP contribution is -2.34. The Morgan fingerprint density at radius 2 is 2.15 bits per heavy atom. The molecule has 5 nitrogen and oxygen atoms in total. The molecule has 1 aromatic rings. The van der Waals surface area contributed by atoms with Crippen molar-refractivity contribution in [2.24, 2.45) is 0 Å². The standard InChI is InChI=1S/C14H22N2O3S/c1-19-11-4-2-3-10-16(13-7-8-13)20(17,18)14-6-5-9-15-12-14/h5-6,9,12-13H,2-4,7-8,10-11H2,1H3. The van der Waals surface area contributed by atoms with Crippen molar-refractivity contribution >= 4 is 10.0 Å². The molecule has 1 heterocycles. The maximum Gasteiger partial charge on any atom is 0.244 e. The molecule has 0 aliphatic heterocycles. The first-order valence-electron chi connectivity index (χ1n) is 7.07. The first-order valence-corrected chi connectivity index (χ1v) is 8.51. The number of aromatic nitrogens is 1. The van der Waals surface area contributed by atoms with Crippen LogP contribution in [0.2, 0.25) is 0 Å². The first-order chi connectivity index (χ1) is 9.66. The number of rotatable bonds is 9. The molecule has 112 valence electrons. The summed E-state index contributed by atoms with van der Waals surface area (Å²) in [5, 5.41) is 0. The van der Waals surface area contributed by atoms with Gasteiger partial charge in [0.1, 0.15) is 4.90 Å². The summed E-state index contributed by atoms with van der Waals surface area (Å²) in [5.41, 5.74) is 0. The van der Waals surface area contributed by atoms with Crippen LogP contribution in [0, 0.1) is 0 Å². The third-order valence-corrected chi connectivity index (χ3v) is 5.36. The molecule has 0 saturated heterocycles. The minimum absolute atomic E-state index is 0.183. The molecule has 2 rings (SSSR count). The van der Waals surface area contributed by atoms with Crippen molar-refractivity contribution in [3.63, 3.8) is 0 Å². The van der Waals surface area contributed by atoms with Gasteiger partial charge in [0.2, 0.25) is 10.0 Å². The van der Waals surface area contributed by atoms with Crippen molar-refractivity contribution in [3.05, 3.63) is 24.5 Å². The zero-order valence-corrected chi connectivity index (χ0v) is 12.7. The highest BCUT2D eigenvalue weighted by molar-refractivity contribution is 7.89. The van der Waals surface area contributed by atoms with Crippen molar-refractivity contribution < 1.29 is 13.2 Å². The highest BCUT2D eigenvalue weighted by Gasteiger charge is 2.37. The highest BCUT2D eigenvalue weighted by Crippen LogP contribution is 2.32. The van der Waals surface area contributed by atoms with E-state index in [2.05, 4.69) is 4.98 Å². The van der Waals surface area contributed by atoms with Gasteiger partial charge in [-0.25, -0.2) is 8.42 Å². The van der Waals surface area contributed by atoms with Crippen LogP contribution in [0.1, 0.15) is 32.1 Å². The summed E-state index contributed by atoms with van der Waals surface area (Å²) < 4.78 is 31.8. The Labute approximate surface area is 121 Å². The zero-order chi connectivity index (χ0) is 14.4. The summed E-state index contributed by atoms with van der Waals surface area (Å²) in [6.07, 6.45) is 7.79. The van der Waals surface area contributed by atoms with Crippen molar-refractivity contribution in [1.29, 1.82) is 0 Å². The van der Waals surface area contributed by atoms with E-state index >= 15 is 0 Å². The van der Waals surface area contributed by atoms with Crippen molar-refractivity contribution in [3.8, 4) is 0 Å². The fourth-order valence-corrected chi connectivity index (χ4v) is 3.88. The molecule has 20 heavy (non-hydrogen) atoms. The molecule has 0 N–H and O–H groups in total. The summed E-state index contributed by atoms with van der Waals surface area (Å²) >= 11 is 0. The van der Waals surface area contributed by atoms with E-state index in [9.17, 15) is 8.42 Å². The Balaban J connectivity index is 1.98. The Bertz CT molecular complexity index is 500. The average Bonchev–Trinajstić information content (AvgIpc) is 3.28. The van der Waals surface area contributed by atoms with Crippen LogP contribution in [0.4, 0.5) is 0 Å². The van der Waals surface area contributed by atoms with Gasteiger partial charge in [-0.1, -0.05) is 0 Å². The van der Waals surface area contributed by atoms with Gasteiger partial charge in [-0.05, 0) is 44.2 Å². The molecule has 0 unspecified atom stereocenters. The van der Waals surface area contributed by atoms with Crippen molar-refractivity contribution in [2.75, 3.05) is 20.3 Å². The molecule has 0 radical (unpaired) electrons. The van der Waals surface area contributed by atoms with Gasteiger partial charge in [-0.15, -0.1) is 0 Å². The van der Waals surface area contributed by atoms with Gasteiger partial charge in [-0.2, -0.15) is 4.31 Å². The van der Waals surface area contributed by atoms with Gasteiger partial charge in [0.05, 0.1) is 0 Å². The molecule has 1 aliphatic carbocycles. The van der Waals surface area contributed by atoms with E-state index in [0.717, 1.165) is 38.7 Å². The summed E-state index contributed by atoms with van der Waals surface area (Å²) in [5.74, 6) is 0. The fourth-order valence-electron chi connectivity index (χ4n) is 2.19. The zero-order valence-electron chi connectivity index (χ0n) is 11.9. The number of methoxy groups -OCH3 is 1. The average molecular weight is 298 g/mol. The predicted molar refractivity (Wildman–Crippen MR) is 76.9 cm³/mol. The molecule has 0 bridgehead atoms. The Morgan fingerprint density at radius 3 is 2.75 bits per heavy atom. The quantitative estimate of drug-likeness (QED) is 0.655. The van der Waals surface area contributed by atoms with Crippen LogP contribution in [0.25, 0.3) is 0 Å². The molecule has 1 fully saturated rings. The fraction of sp³-hybridized carbons (Fsp3) is 0.643. The topological polar surface area (TPSA) is 59.5 Å². The molecule has 1 aromatic heterocycles. The monoisotopic (exact) mass is 298 g/mol. The predicted octanol–water partition coefficient (Wildman–Crippen LogP) is 2.05. The molecule has 1 saturated carbocycles. The van der Waals surface area contributed by atoms with E-state index in [4.69, 9.17) is 4.74 Å². The van der Waals surface area contributed by atoms with E-state index in [0.29, 0.717) is 11.4 Å². The van der Waals surface area contributed by atoms with Crippen molar-refractivity contribution in [1.82, 2.24) is 9.29 Å². The minimum Gasteiger partial charge on any atom is -0.385 e. The highest BCUT2D eigenvalue weighted by atomic mass is 32.2. The number of nitrogens with zero attached hydrogens (tertiary/aromatic N) is 2. The normalized spacial score (nSPS) is 15.7. The molecular formula is C14H22N2O3S. The van der Waals surface area contributed by atoms with Crippen LogP contribution >= 0.6 is 0 Å². The molecule has 0 aromatic carbocycles. The lowest BCUT2D eigenvalue weighted by atomic mass is 10.2. The number of sulfonamides is 1. The summed E-state index contributed by atoms with van der Waals surface area (Å²) in [6.45, 7) is 1.32. The SMILES string of the molecule is COCCCCCN(C1CC1)S(=O)(=O)c1cccnc1. The molecule has 0 atom stereocenters. The second-order valence-corrected chi connectivity index (χ2v) is 6.98. The lowest BCUT2D eigenvalue weighted by molar-refractivity contribution is 0.191. The third kappa shape index (κ3) is 4.01. The molecular weight excluding hydrogens is 276 g/mol. The number of hydrogen-bond donors (Lipinski definition) is 0. The van der Waals surface area contributed by atoms with Gasteiger partial charge in [0.15, 0.2) is 0 Å². The molecule has 6 heteroatoms. The van der Waals surface area contributed by atoms with E-state index in [-0.39, 0.29) is 6.04 Å². The molecule has 0 spiro atoms. The summed E-state index contributed by atoms with van der Waals surface area (Å²) in [7, 11) is -1.71. The molecule has 0 amide bonds. The van der Waals surface area contributed by atoms with Crippen LogP contribution in [0.5, 0.6) is 0 Å². The second kappa shape index (κ2) is 7.15. The summed E-state index contributed by atoms with van der Waals surface area (Å²) in [6, 6.07) is 3.46. The van der Waals surface area contributed by atoms with Gasteiger partial charge >= 0.3 is 0 Å². The second-order valence-electron chi connectivity index (χ2n) is 5.09. The Kier molecular flexibility index (Phi) is 5.51. The Hall–Kier alpha value is -0.980.